The standard InChI is InChI=1S/C27H41N3O4S/c1-4-15-23-26-24(30(27(23)32)35(3,33)34)19-21-29(26)25(31)18-13-8-6-5-7-9-14-20-28(2)22-16-11-10-12-17-22/h10-12,16-17,19,23,26H,4-9,13-15,18,20-21H2,1-3H3/t23-,26-/m1/s1. The lowest BCUT2D eigenvalue weighted by Crippen LogP contribution is -2.41. The third-order valence-corrected chi connectivity index (χ3v) is 8.16. The molecule has 8 heteroatoms. The van der Waals surface area contributed by atoms with Gasteiger partial charge >= 0.3 is 0 Å². The van der Waals surface area contributed by atoms with Crippen molar-refractivity contribution in [2.75, 3.05) is 31.3 Å². The van der Waals surface area contributed by atoms with E-state index < -0.39 is 27.9 Å². The van der Waals surface area contributed by atoms with E-state index in [4.69, 9.17) is 0 Å². The second kappa shape index (κ2) is 12.6. The van der Waals surface area contributed by atoms with E-state index in [0.717, 1.165) is 42.8 Å². The van der Waals surface area contributed by atoms with Crippen molar-refractivity contribution in [3.63, 3.8) is 0 Å². The Labute approximate surface area is 211 Å². The van der Waals surface area contributed by atoms with Gasteiger partial charge in [0.2, 0.25) is 21.8 Å². The first-order valence-corrected chi connectivity index (χ1v) is 14.9. The molecule has 1 saturated heterocycles. The van der Waals surface area contributed by atoms with Gasteiger partial charge in [-0.05, 0) is 37.5 Å². The number of sulfonamides is 1. The van der Waals surface area contributed by atoms with Crippen molar-refractivity contribution in [3.8, 4) is 0 Å². The van der Waals surface area contributed by atoms with Crippen LogP contribution in [0.4, 0.5) is 5.69 Å². The maximum atomic E-state index is 13.0. The molecule has 2 heterocycles. The molecule has 3 rings (SSSR count). The first kappa shape index (κ1) is 27.2. The lowest BCUT2D eigenvalue weighted by molar-refractivity contribution is -0.133. The molecule has 0 aliphatic carbocycles. The molecule has 0 N–H and O–H groups in total. The molecule has 0 bridgehead atoms. The zero-order valence-electron chi connectivity index (χ0n) is 21.5. The largest absolute Gasteiger partial charge is 0.375 e. The Hall–Kier alpha value is -2.35. The summed E-state index contributed by atoms with van der Waals surface area (Å²) in [6, 6.07) is 10.0. The van der Waals surface area contributed by atoms with Crippen molar-refractivity contribution in [1.82, 2.24) is 9.21 Å². The lowest BCUT2D eigenvalue weighted by Gasteiger charge is -2.27. The van der Waals surface area contributed by atoms with Crippen LogP contribution in [0.1, 0.15) is 71.1 Å². The van der Waals surface area contributed by atoms with Crippen molar-refractivity contribution >= 4 is 27.5 Å². The number of para-hydroxylation sites is 1. The van der Waals surface area contributed by atoms with E-state index in [1.54, 1.807) is 11.0 Å². The highest BCUT2D eigenvalue weighted by atomic mass is 32.2. The fourth-order valence-electron chi connectivity index (χ4n) is 5.29. The summed E-state index contributed by atoms with van der Waals surface area (Å²) >= 11 is 0. The normalized spacial score (nSPS) is 19.7. The second-order valence-corrected chi connectivity index (χ2v) is 11.7. The number of carbonyl (C=O) groups excluding carboxylic acids is 2. The Bertz CT molecular complexity index is 993. The molecule has 2 aliphatic rings. The maximum absolute atomic E-state index is 13.0. The summed E-state index contributed by atoms with van der Waals surface area (Å²) in [4.78, 5) is 29.8. The number of nitrogens with zero attached hydrogens (tertiary/aromatic N) is 3. The first-order valence-electron chi connectivity index (χ1n) is 13.1. The number of hydrogen-bond acceptors (Lipinski definition) is 5. The van der Waals surface area contributed by atoms with Crippen LogP contribution >= 0.6 is 0 Å². The number of fused-ring (bicyclic) bond motifs is 1. The van der Waals surface area contributed by atoms with E-state index in [1.165, 1.54) is 31.4 Å². The van der Waals surface area contributed by atoms with Crippen molar-refractivity contribution in [3.05, 3.63) is 42.1 Å². The molecule has 2 atom stereocenters. The average molecular weight is 504 g/mol. The van der Waals surface area contributed by atoms with Crippen LogP contribution in [0.2, 0.25) is 0 Å². The number of rotatable bonds is 14. The maximum Gasteiger partial charge on any atom is 0.246 e. The number of benzene rings is 1. The average Bonchev–Trinajstić information content (AvgIpc) is 3.36. The zero-order valence-corrected chi connectivity index (χ0v) is 22.3. The van der Waals surface area contributed by atoms with Crippen LogP contribution in [0.3, 0.4) is 0 Å². The van der Waals surface area contributed by atoms with Crippen molar-refractivity contribution < 1.29 is 18.0 Å². The smallest absolute Gasteiger partial charge is 0.246 e. The number of unbranched alkanes of at least 4 members (excludes halogenated alkanes) is 6. The predicted molar refractivity (Wildman–Crippen MR) is 140 cm³/mol. The third kappa shape index (κ3) is 6.87. The molecule has 0 spiro atoms. The SMILES string of the molecule is CCC[C@H]1C(=O)N(S(C)(=O)=O)C2=CCN(C(=O)CCCCCCCCCN(C)c3ccccc3)[C@@H]21. The zero-order chi connectivity index (χ0) is 25.4. The summed E-state index contributed by atoms with van der Waals surface area (Å²) in [7, 11) is -1.55. The summed E-state index contributed by atoms with van der Waals surface area (Å²) in [6.45, 7) is 3.42. The van der Waals surface area contributed by atoms with E-state index in [-0.39, 0.29) is 5.91 Å². The van der Waals surface area contributed by atoms with Gasteiger partial charge in [0.15, 0.2) is 0 Å². The number of hydrogen-bond donors (Lipinski definition) is 0. The van der Waals surface area contributed by atoms with Gasteiger partial charge in [-0.3, -0.25) is 9.59 Å². The van der Waals surface area contributed by atoms with Crippen LogP contribution in [0.25, 0.3) is 0 Å². The highest BCUT2D eigenvalue weighted by Crippen LogP contribution is 2.40. The van der Waals surface area contributed by atoms with Crippen LogP contribution in [-0.2, 0) is 19.6 Å². The minimum atomic E-state index is -3.68. The summed E-state index contributed by atoms with van der Waals surface area (Å²) in [6.07, 6.45) is 12.3. The Morgan fingerprint density at radius 2 is 1.66 bits per heavy atom. The minimum Gasteiger partial charge on any atom is -0.375 e. The Balaban J connectivity index is 1.34. The molecule has 1 aromatic carbocycles. The first-order chi connectivity index (χ1) is 16.8. The van der Waals surface area contributed by atoms with Crippen molar-refractivity contribution in [2.24, 2.45) is 5.92 Å². The highest BCUT2D eigenvalue weighted by Gasteiger charge is 2.53. The van der Waals surface area contributed by atoms with Gasteiger partial charge in [0, 0.05) is 32.2 Å². The summed E-state index contributed by atoms with van der Waals surface area (Å²) < 4.78 is 25.3. The molecule has 2 aliphatic heterocycles. The molecule has 35 heavy (non-hydrogen) atoms. The topological polar surface area (TPSA) is 78.0 Å². The Morgan fingerprint density at radius 3 is 2.29 bits per heavy atom. The molecule has 1 fully saturated rings. The van der Waals surface area contributed by atoms with E-state index >= 15 is 0 Å². The molecule has 7 nitrogen and oxygen atoms in total. The monoisotopic (exact) mass is 503 g/mol. The van der Waals surface area contributed by atoms with E-state index in [9.17, 15) is 18.0 Å². The van der Waals surface area contributed by atoms with Gasteiger partial charge in [-0.15, -0.1) is 0 Å². The van der Waals surface area contributed by atoms with Crippen LogP contribution < -0.4 is 4.90 Å². The van der Waals surface area contributed by atoms with Crippen LogP contribution in [0.15, 0.2) is 42.1 Å². The number of amides is 2. The fourth-order valence-corrected chi connectivity index (χ4v) is 6.32. The van der Waals surface area contributed by atoms with Crippen LogP contribution in [-0.4, -0.2) is 61.9 Å². The molecular formula is C27H41N3O4S. The highest BCUT2D eigenvalue weighted by molar-refractivity contribution is 7.89. The van der Waals surface area contributed by atoms with Gasteiger partial charge in [0.25, 0.3) is 0 Å². The van der Waals surface area contributed by atoms with Crippen LogP contribution in [0, 0.1) is 5.92 Å². The van der Waals surface area contributed by atoms with Crippen molar-refractivity contribution in [1.29, 1.82) is 0 Å². The third-order valence-electron chi connectivity index (χ3n) is 7.10. The van der Waals surface area contributed by atoms with E-state index in [0.29, 0.717) is 25.1 Å². The van der Waals surface area contributed by atoms with Gasteiger partial charge in [-0.2, -0.15) is 0 Å². The van der Waals surface area contributed by atoms with E-state index in [1.807, 2.05) is 13.0 Å². The number of anilines is 1. The molecule has 194 valence electrons. The molecule has 0 aromatic heterocycles. The minimum absolute atomic E-state index is 0.0226. The predicted octanol–water partition coefficient (Wildman–Crippen LogP) is 4.56. The molecule has 1 aromatic rings. The molecule has 2 amide bonds. The summed E-state index contributed by atoms with van der Waals surface area (Å²) in [5.74, 6) is -0.833. The van der Waals surface area contributed by atoms with Gasteiger partial charge < -0.3 is 9.80 Å². The van der Waals surface area contributed by atoms with Gasteiger partial charge in [0.05, 0.1) is 23.9 Å². The van der Waals surface area contributed by atoms with Gasteiger partial charge in [0.1, 0.15) is 0 Å². The summed E-state index contributed by atoms with van der Waals surface area (Å²) in [5.41, 5.74) is 1.73. The molecule has 0 unspecified atom stereocenters. The van der Waals surface area contributed by atoms with Gasteiger partial charge in [-0.25, -0.2) is 12.7 Å². The molecule has 0 radical (unpaired) electrons. The Morgan fingerprint density at radius 1 is 1.03 bits per heavy atom. The van der Waals surface area contributed by atoms with Crippen LogP contribution in [0.5, 0.6) is 0 Å². The molecular weight excluding hydrogens is 462 g/mol. The van der Waals surface area contributed by atoms with Crippen molar-refractivity contribution in [2.45, 2.75) is 77.2 Å². The van der Waals surface area contributed by atoms with Gasteiger partial charge in [-0.1, -0.05) is 63.6 Å². The quantitative estimate of drug-likeness (QED) is 0.348. The lowest BCUT2D eigenvalue weighted by atomic mass is 9.95. The fraction of sp³-hybridized carbons (Fsp3) is 0.630. The second-order valence-electron chi connectivity index (χ2n) is 9.86. The Kier molecular flexibility index (Phi) is 9.78. The summed E-state index contributed by atoms with van der Waals surface area (Å²) in [5, 5.41) is 0. The van der Waals surface area contributed by atoms with E-state index in [2.05, 4.69) is 36.2 Å². The molecule has 0 saturated carbocycles. The number of carbonyl (C=O) groups is 2.